The molecule has 0 aromatic heterocycles. The number of hydrogen-bond acceptors (Lipinski definition) is 2. The number of alkyl halides is 3. The Labute approximate surface area is 126 Å². The molecule has 0 radical (unpaired) electrons. The zero-order valence-corrected chi connectivity index (χ0v) is 11.9. The number of carbonyl (C=O) groups excluding carboxylic acids is 2. The van der Waals surface area contributed by atoms with E-state index in [-0.39, 0.29) is 11.5 Å². The number of likely N-dealkylation sites (tertiary alicyclic amines) is 1. The summed E-state index contributed by atoms with van der Waals surface area (Å²) in [6.07, 6.45) is -2.33. The monoisotopic (exact) mass is 314 g/mol. The van der Waals surface area contributed by atoms with E-state index in [0.717, 1.165) is 37.2 Å². The highest BCUT2D eigenvalue weighted by molar-refractivity contribution is 5.94. The van der Waals surface area contributed by atoms with Gasteiger partial charge in [-0.25, -0.2) is 0 Å². The second kappa shape index (κ2) is 6.81. The fourth-order valence-electron chi connectivity index (χ4n) is 2.32. The average Bonchev–Trinajstić information content (AvgIpc) is 2.88. The van der Waals surface area contributed by atoms with Crippen LogP contribution in [0, 0.1) is 0 Å². The number of nitrogens with one attached hydrogen (secondary N) is 1. The van der Waals surface area contributed by atoms with Gasteiger partial charge in [0.15, 0.2) is 0 Å². The van der Waals surface area contributed by atoms with Gasteiger partial charge in [0.05, 0.1) is 5.56 Å². The quantitative estimate of drug-likeness (QED) is 0.849. The van der Waals surface area contributed by atoms with Crippen LogP contribution in [0.25, 0.3) is 0 Å². The first kappa shape index (κ1) is 16.3. The summed E-state index contributed by atoms with van der Waals surface area (Å²) < 4.78 is 37.2. The summed E-state index contributed by atoms with van der Waals surface area (Å²) in [4.78, 5) is 24.9. The Kier molecular flexibility index (Phi) is 5.05. The van der Waals surface area contributed by atoms with Gasteiger partial charge in [0.2, 0.25) is 5.91 Å². The summed E-state index contributed by atoms with van der Waals surface area (Å²) in [5.74, 6) is -0.282. The first-order chi connectivity index (χ1) is 10.4. The van der Waals surface area contributed by atoms with Crippen molar-refractivity contribution in [3.63, 3.8) is 0 Å². The summed E-state index contributed by atoms with van der Waals surface area (Å²) in [5, 5.41) is 2.64. The number of benzene rings is 1. The van der Waals surface area contributed by atoms with E-state index >= 15 is 0 Å². The van der Waals surface area contributed by atoms with E-state index < -0.39 is 17.6 Å². The minimum absolute atomic E-state index is 0.133. The van der Waals surface area contributed by atoms with Crippen molar-refractivity contribution in [2.75, 3.05) is 19.6 Å². The van der Waals surface area contributed by atoms with E-state index in [1.807, 2.05) is 0 Å². The predicted molar refractivity (Wildman–Crippen MR) is 74.2 cm³/mol. The van der Waals surface area contributed by atoms with Crippen LogP contribution in [-0.2, 0) is 11.0 Å². The van der Waals surface area contributed by atoms with Gasteiger partial charge in [-0.2, -0.15) is 13.2 Å². The van der Waals surface area contributed by atoms with Gasteiger partial charge in [0.25, 0.3) is 5.91 Å². The van der Waals surface area contributed by atoms with Gasteiger partial charge < -0.3 is 10.2 Å². The number of halogens is 3. The Balaban J connectivity index is 1.76. The third-order valence-corrected chi connectivity index (χ3v) is 3.54. The van der Waals surface area contributed by atoms with E-state index in [1.54, 1.807) is 4.90 Å². The summed E-state index contributed by atoms with van der Waals surface area (Å²) in [5.41, 5.74) is -0.596. The first-order valence-electron chi connectivity index (χ1n) is 7.11. The molecule has 0 bridgehead atoms. The molecule has 1 heterocycles. The number of rotatable bonds is 5. The van der Waals surface area contributed by atoms with E-state index in [9.17, 15) is 22.8 Å². The lowest BCUT2D eigenvalue weighted by Gasteiger charge is -2.15. The molecule has 0 saturated carbocycles. The van der Waals surface area contributed by atoms with Crippen molar-refractivity contribution >= 4 is 11.8 Å². The van der Waals surface area contributed by atoms with Gasteiger partial charge in [-0.05, 0) is 37.1 Å². The maximum atomic E-state index is 12.4. The molecule has 0 aliphatic carbocycles. The number of nitrogens with zero attached hydrogens (tertiary/aromatic N) is 1. The zero-order chi connectivity index (χ0) is 16.2. The molecule has 1 aliphatic heterocycles. The lowest BCUT2D eigenvalue weighted by Crippen LogP contribution is -2.30. The highest BCUT2D eigenvalue weighted by Gasteiger charge is 2.30. The lowest BCUT2D eigenvalue weighted by molar-refractivity contribution is -0.137. The fourth-order valence-corrected chi connectivity index (χ4v) is 2.32. The molecular weight excluding hydrogens is 297 g/mol. The molecule has 2 amide bonds. The largest absolute Gasteiger partial charge is 0.416 e. The van der Waals surface area contributed by atoms with Crippen LogP contribution >= 0.6 is 0 Å². The van der Waals surface area contributed by atoms with Crippen LogP contribution in [0.4, 0.5) is 13.2 Å². The molecule has 0 atom stereocenters. The molecule has 4 nitrogen and oxygen atoms in total. The van der Waals surface area contributed by atoms with Crippen molar-refractivity contribution in [1.29, 1.82) is 0 Å². The molecule has 1 N–H and O–H groups in total. The minimum Gasteiger partial charge on any atom is -0.352 e. The zero-order valence-electron chi connectivity index (χ0n) is 11.9. The highest BCUT2D eigenvalue weighted by atomic mass is 19.4. The lowest BCUT2D eigenvalue weighted by atomic mass is 10.1. The van der Waals surface area contributed by atoms with Crippen LogP contribution in [0.2, 0.25) is 0 Å². The molecule has 1 aromatic carbocycles. The second-order valence-corrected chi connectivity index (χ2v) is 5.17. The topological polar surface area (TPSA) is 49.4 Å². The maximum Gasteiger partial charge on any atom is 0.416 e. The summed E-state index contributed by atoms with van der Waals surface area (Å²) >= 11 is 0. The average molecular weight is 314 g/mol. The van der Waals surface area contributed by atoms with E-state index in [4.69, 9.17) is 0 Å². The summed E-state index contributed by atoms with van der Waals surface area (Å²) in [7, 11) is 0. The Morgan fingerprint density at radius 1 is 1.23 bits per heavy atom. The molecule has 22 heavy (non-hydrogen) atoms. The van der Waals surface area contributed by atoms with Crippen molar-refractivity contribution in [2.45, 2.75) is 25.4 Å². The van der Waals surface area contributed by atoms with Crippen LogP contribution in [0.15, 0.2) is 24.3 Å². The molecular formula is C15H17F3N2O2. The Hall–Kier alpha value is -2.05. The summed E-state index contributed by atoms with van der Waals surface area (Å²) in [6.45, 7) is 1.72. The third kappa shape index (κ3) is 4.22. The molecule has 1 fully saturated rings. The molecule has 1 aromatic rings. The van der Waals surface area contributed by atoms with E-state index in [2.05, 4.69) is 5.32 Å². The molecule has 7 heteroatoms. The van der Waals surface area contributed by atoms with E-state index in [0.29, 0.717) is 25.9 Å². The van der Waals surface area contributed by atoms with Gasteiger partial charge in [0, 0.05) is 31.6 Å². The van der Waals surface area contributed by atoms with E-state index in [1.165, 1.54) is 0 Å². The molecule has 2 rings (SSSR count). The SMILES string of the molecule is O=C(NCCCN1CCCC1=O)c1ccc(C(F)(F)F)cc1. The molecule has 1 aliphatic rings. The Bertz CT molecular complexity index is 541. The van der Waals surface area contributed by atoms with Crippen LogP contribution in [0.1, 0.15) is 35.2 Å². The van der Waals surface area contributed by atoms with Crippen LogP contribution in [0.3, 0.4) is 0 Å². The number of hydrogen-bond donors (Lipinski definition) is 1. The van der Waals surface area contributed by atoms with Crippen molar-refractivity contribution in [3.05, 3.63) is 35.4 Å². The Morgan fingerprint density at radius 2 is 1.91 bits per heavy atom. The van der Waals surface area contributed by atoms with Gasteiger partial charge in [-0.15, -0.1) is 0 Å². The van der Waals surface area contributed by atoms with Crippen molar-refractivity contribution in [1.82, 2.24) is 10.2 Å². The van der Waals surface area contributed by atoms with Crippen LogP contribution in [-0.4, -0.2) is 36.3 Å². The molecule has 0 spiro atoms. The second-order valence-electron chi connectivity index (χ2n) is 5.17. The highest BCUT2D eigenvalue weighted by Crippen LogP contribution is 2.29. The van der Waals surface area contributed by atoms with Gasteiger partial charge in [-0.3, -0.25) is 9.59 Å². The fraction of sp³-hybridized carbons (Fsp3) is 0.467. The normalized spacial score (nSPS) is 15.2. The smallest absolute Gasteiger partial charge is 0.352 e. The number of carbonyl (C=O) groups is 2. The first-order valence-corrected chi connectivity index (χ1v) is 7.11. The molecule has 1 saturated heterocycles. The molecule has 0 unspecified atom stereocenters. The third-order valence-electron chi connectivity index (χ3n) is 3.54. The van der Waals surface area contributed by atoms with Gasteiger partial charge >= 0.3 is 6.18 Å². The summed E-state index contributed by atoms with van der Waals surface area (Å²) in [6, 6.07) is 4.08. The molecule has 120 valence electrons. The van der Waals surface area contributed by atoms with Crippen LogP contribution in [0.5, 0.6) is 0 Å². The van der Waals surface area contributed by atoms with Crippen LogP contribution < -0.4 is 5.32 Å². The standard InChI is InChI=1S/C15H17F3N2O2/c16-15(17,18)12-6-4-11(5-7-12)14(22)19-8-2-10-20-9-1-3-13(20)21/h4-7H,1-3,8-10H2,(H,19,22). The number of amides is 2. The van der Waals surface area contributed by atoms with Crippen molar-refractivity contribution < 1.29 is 22.8 Å². The maximum absolute atomic E-state index is 12.4. The minimum atomic E-state index is -4.41. The van der Waals surface area contributed by atoms with Gasteiger partial charge in [0.1, 0.15) is 0 Å². The van der Waals surface area contributed by atoms with Gasteiger partial charge in [-0.1, -0.05) is 0 Å². The Morgan fingerprint density at radius 3 is 2.45 bits per heavy atom. The van der Waals surface area contributed by atoms with Crippen molar-refractivity contribution in [3.8, 4) is 0 Å². The predicted octanol–water partition coefficient (Wildman–Crippen LogP) is 2.45. The van der Waals surface area contributed by atoms with Crippen molar-refractivity contribution in [2.24, 2.45) is 0 Å².